The van der Waals surface area contributed by atoms with Crippen molar-refractivity contribution in [2.75, 3.05) is 6.54 Å². The molecule has 1 atom stereocenters. The second-order valence-corrected chi connectivity index (χ2v) is 16.1. The van der Waals surface area contributed by atoms with E-state index in [2.05, 4.69) is 38.8 Å². The number of ketones is 1. The topological polar surface area (TPSA) is 84.7 Å². The maximum absolute atomic E-state index is 13.6. The molecule has 0 bridgehead atoms. The smallest absolute Gasteiger partial charge is 0.409 e. The van der Waals surface area contributed by atoms with Crippen LogP contribution in [0.3, 0.4) is 0 Å². The Morgan fingerprint density at radius 3 is 2.47 bits per heavy atom. The first-order valence-corrected chi connectivity index (χ1v) is 15.6. The first kappa shape index (κ1) is 26.1. The number of carbonyl (C=O) groups excluding carboxylic acids is 1. The van der Waals surface area contributed by atoms with E-state index in [4.69, 9.17) is 4.43 Å². The number of Topliss-reactive ketones (excluding diaryl/α,β-unsaturated/α-hetero) is 1. The molecule has 1 N–H and O–H groups in total. The molecule has 1 aliphatic heterocycles. The normalized spacial score (nSPS) is 19.0. The predicted molar refractivity (Wildman–Crippen MR) is 144 cm³/mol. The zero-order chi connectivity index (χ0) is 26.1. The van der Waals surface area contributed by atoms with E-state index in [1.165, 1.54) is 4.90 Å². The van der Waals surface area contributed by atoms with Crippen LogP contribution in [0.1, 0.15) is 46.5 Å². The van der Waals surface area contributed by atoms with Crippen molar-refractivity contribution in [3.8, 4) is 11.1 Å². The van der Waals surface area contributed by atoms with Crippen molar-refractivity contribution in [2.45, 2.75) is 76.9 Å². The minimum absolute atomic E-state index is 0.0316. The van der Waals surface area contributed by atoms with Gasteiger partial charge in [-0.15, -0.1) is 0 Å². The van der Waals surface area contributed by atoms with Crippen LogP contribution in [0.4, 0.5) is 4.79 Å². The summed E-state index contributed by atoms with van der Waals surface area (Å²) in [5.74, 6) is -0.0636. The number of carboxylic acid groups (broad SMARTS) is 1. The summed E-state index contributed by atoms with van der Waals surface area (Å²) in [5.41, 5.74) is 2.67. The molecule has 2 aromatic carbocycles. The number of piperidine rings is 1. The monoisotopic (exact) mass is 507 g/mol. The third-order valence-electron chi connectivity index (χ3n) is 7.73. The minimum atomic E-state index is -2.36. The first-order chi connectivity index (χ1) is 16.9. The molecule has 1 aliphatic rings. The molecule has 0 spiro atoms. The van der Waals surface area contributed by atoms with Gasteiger partial charge in [0, 0.05) is 12.1 Å². The number of likely N-dealkylation sites (tertiary alicyclic amines) is 1. The maximum Gasteiger partial charge on any atom is 0.409 e. The lowest BCUT2D eigenvalue weighted by Crippen LogP contribution is -2.62. The highest BCUT2D eigenvalue weighted by Crippen LogP contribution is 2.44. The number of aromatic nitrogens is 2. The van der Waals surface area contributed by atoms with E-state index in [0.717, 1.165) is 35.0 Å². The van der Waals surface area contributed by atoms with E-state index in [9.17, 15) is 14.7 Å². The summed E-state index contributed by atoms with van der Waals surface area (Å²) in [6.07, 6.45) is 2.84. The second-order valence-electron chi connectivity index (χ2n) is 11.3. The van der Waals surface area contributed by atoms with Crippen LogP contribution >= 0.6 is 0 Å². The molecule has 7 nitrogen and oxygen atoms in total. The molecule has 192 valence electrons. The minimum Gasteiger partial charge on any atom is -0.465 e. The highest BCUT2D eigenvalue weighted by atomic mass is 28.4. The zero-order valence-corrected chi connectivity index (χ0v) is 23.0. The van der Waals surface area contributed by atoms with Crippen LogP contribution in [0.5, 0.6) is 0 Å². The van der Waals surface area contributed by atoms with Gasteiger partial charge in [0.1, 0.15) is 5.72 Å². The molecule has 0 saturated carbocycles. The van der Waals surface area contributed by atoms with Crippen LogP contribution in [0.2, 0.25) is 18.1 Å². The van der Waals surface area contributed by atoms with Gasteiger partial charge >= 0.3 is 6.09 Å². The number of benzene rings is 2. The van der Waals surface area contributed by atoms with E-state index >= 15 is 0 Å². The zero-order valence-electron chi connectivity index (χ0n) is 22.0. The molecule has 1 saturated heterocycles. The largest absolute Gasteiger partial charge is 0.465 e. The summed E-state index contributed by atoms with van der Waals surface area (Å²) in [5, 5.41) is 9.95. The number of imidazole rings is 1. The van der Waals surface area contributed by atoms with Crippen molar-refractivity contribution in [3.05, 3.63) is 54.9 Å². The van der Waals surface area contributed by atoms with Crippen molar-refractivity contribution < 1.29 is 19.1 Å². The van der Waals surface area contributed by atoms with Gasteiger partial charge in [-0.05, 0) is 49.0 Å². The third kappa shape index (κ3) is 5.10. The number of fused-ring (bicyclic) bond motifs is 1. The Balaban J connectivity index is 1.64. The molecular formula is C28H37N3O4Si. The average molecular weight is 508 g/mol. The summed E-state index contributed by atoms with van der Waals surface area (Å²) >= 11 is 0. The van der Waals surface area contributed by atoms with Crippen LogP contribution in [0.15, 0.2) is 54.9 Å². The second kappa shape index (κ2) is 9.82. The highest BCUT2D eigenvalue weighted by molar-refractivity contribution is 6.74. The lowest BCUT2D eigenvalue weighted by molar-refractivity contribution is -0.139. The van der Waals surface area contributed by atoms with Crippen molar-refractivity contribution in [1.82, 2.24) is 14.5 Å². The summed E-state index contributed by atoms with van der Waals surface area (Å²) in [4.78, 5) is 31.9. The number of rotatable bonds is 7. The Labute approximate surface area is 214 Å². The third-order valence-corrected chi connectivity index (χ3v) is 12.2. The van der Waals surface area contributed by atoms with Crippen LogP contribution < -0.4 is 0 Å². The molecule has 4 rings (SSSR count). The van der Waals surface area contributed by atoms with E-state index in [1.807, 2.05) is 53.1 Å². The van der Waals surface area contributed by atoms with Crippen LogP contribution in [0.25, 0.3) is 22.2 Å². The van der Waals surface area contributed by atoms with Gasteiger partial charge in [0.05, 0.1) is 30.3 Å². The standard InChI is InChI=1S/C28H37N3O4Si/c1-27(2,3)36(4,5)35-28(16-9-10-17-31(28)26(33)34)18-22(32)19-30-20-29-25-23(14-11-15-24(25)30)21-12-7-6-8-13-21/h6-8,11-15,20H,9-10,16-19H2,1-5H3,(H,33,34)/t28-/m1/s1. The fraction of sp³-hybridized carbons (Fsp3) is 0.464. The number of para-hydroxylation sites is 1. The van der Waals surface area contributed by atoms with Gasteiger partial charge < -0.3 is 14.1 Å². The molecule has 1 amide bonds. The molecule has 0 unspecified atom stereocenters. The predicted octanol–water partition coefficient (Wildman–Crippen LogP) is 6.54. The summed E-state index contributed by atoms with van der Waals surface area (Å²) in [6.45, 7) is 11.1. The molecular weight excluding hydrogens is 470 g/mol. The van der Waals surface area contributed by atoms with Crippen molar-refractivity contribution in [1.29, 1.82) is 0 Å². The number of nitrogens with zero attached hydrogens (tertiary/aromatic N) is 3. The van der Waals surface area contributed by atoms with Crippen molar-refractivity contribution in [3.63, 3.8) is 0 Å². The summed E-state index contributed by atoms with van der Waals surface area (Å²) in [6, 6.07) is 16.0. The van der Waals surface area contributed by atoms with Gasteiger partial charge in [-0.1, -0.05) is 63.2 Å². The van der Waals surface area contributed by atoms with Crippen molar-refractivity contribution >= 4 is 31.2 Å². The molecule has 8 heteroatoms. The Morgan fingerprint density at radius 1 is 1.08 bits per heavy atom. The first-order valence-electron chi connectivity index (χ1n) is 12.7. The summed E-state index contributed by atoms with van der Waals surface area (Å²) in [7, 11) is -2.36. The molecule has 0 aliphatic carbocycles. The van der Waals surface area contributed by atoms with E-state index in [-0.39, 0.29) is 23.8 Å². The summed E-state index contributed by atoms with van der Waals surface area (Å²) < 4.78 is 8.66. The number of carbonyl (C=O) groups is 2. The fourth-order valence-corrected chi connectivity index (χ4v) is 6.39. The molecule has 36 heavy (non-hydrogen) atoms. The van der Waals surface area contributed by atoms with E-state index in [0.29, 0.717) is 13.0 Å². The van der Waals surface area contributed by atoms with E-state index in [1.54, 1.807) is 6.33 Å². The Hall–Kier alpha value is -2.97. The Kier molecular flexibility index (Phi) is 7.12. The van der Waals surface area contributed by atoms with Gasteiger partial charge in [-0.25, -0.2) is 9.78 Å². The van der Waals surface area contributed by atoms with Crippen LogP contribution in [0, 0.1) is 0 Å². The van der Waals surface area contributed by atoms with Crippen LogP contribution in [-0.4, -0.2) is 52.0 Å². The molecule has 1 fully saturated rings. The van der Waals surface area contributed by atoms with E-state index < -0.39 is 20.1 Å². The average Bonchev–Trinajstić information content (AvgIpc) is 3.21. The number of hydrogen-bond donors (Lipinski definition) is 1. The lowest BCUT2D eigenvalue weighted by atomic mass is 9.93. The molecule has 0 radical (unpaired) electrons. The lowest BCUT2D eigenvalue weighted by Gasteiger charge is -2.51. The van der Waals surface area contributed by atoms with Gasteiger partial charge in [-0.3, -0.25) is 9.69 Å². The molecule has 1 aromatic heterocycles. The Morgan fingerprint density at radius 2 is 1.81 bits per heavy atom. The SMILES string of the molecule is CC(C)(C)[Si](C)(C)O[C@@]1(CC(=O)Cn2cnc3c(-c4ccccc4)cccc32)CCCCN1C(=O)O. The maximum atomic E-state index is 13.6. The van der Waals surface area contributed by atoms with Gasteiger partial charge in [0.2, 0.25) is 0 Å². The van der Waals surface area contributed by atoms with Crippen molar-refractivity contribution in [2.24, 2.45) is 0 Å². The molecule has 3 aromatic rings. The number of hydrogen-bond acceptors (Lipinski definition) is 4. The van der Waals surface area contributed by atoms with Gasteiger partial charge in [0.15, 0.2) is 14.1 Å². The van der Waals surface area contributed by atoms with Crippen LogP contribution in [-0.2, 0) is 15.8 Å². The number of amides is 1. The molecule has 2 heterocycles. The Bertz CT molecular complexity index is 1250. The fourth-order valence-electron chi connectivity index (χ4n) is 4.85. The highest BCUT2D eigenvalue weighted by Gasteiger charge is 2.51. The van der Waals surface area contributed by atoms with Gasteiger partial charge in [0.25, 0.3) is 0 Å². The quantitative estimate of drug-likeness (QED) is 0.367. The van der Waals surface area contributed by atoms with Gasteiger partial charge in [-0.2, -0.15) is 0 Å².